The first-order valence-electron chi connectivity index (χ1n) is 7.55. The maximum atomic E-state index is 11.8. The van der Waals surface area contributed by atoms with E-state index in [1.54, 1.807) is 19.1 Å². The van der Waals surface area contributed by atoms with Gasteiger partial charge in [-0.3, -0.25) is 14.2 Å². The first-order valence-corrected chi connectivity index (χ1v) is 7.93. The van der Waals surface area contributed by atoms with E-state index in [2.05, 4.69) is 10.3 Å². The Morgan fingerprint density at radius 2 is 1.92 bits per heavy atom. The molecule has 0 fully saturated rings. The number of carbonyl (C=O) groups is 1. The van der Waals surface area contributed by atoms with Crippen LogP contribution in [0.2, 0.25) is 5.02 Å². The summed E-state index contributed by atoms with van der Waals surface area (Å²) in [6.45, 7) is 6.06. The highest BCUT2D eigenvalue weighted by Gasteiger charge is 2.07. The molecule has 1 N–H and O–H groups in total. The van der Waals surface area contributed by atoms with Crippen LogP contribution in [0.25, 0.3) is 0 Å². The minimum Gasteiger partial charge on any atom is -0.484 e. The Kier molecular flexibility index (Phi) is 5.98. The second kappa shape index (κ2) is 7.97. The van der Waals surface area contributed by atoms with Crippen molar-refractivity contribution in [1.82, 2.24) is 14.9 Å². The standard InChI is InChI=1S/C17H20ClN3O3/c1-11-6-14(7-12(2)16(11)18)24-9-15(22)20-4-5-21-10-19-8-13(3)17(21)23/h6-8,10H,4-5,9H2,1-3H3,(H,20,22). The Labute approximate surface area is 145 Å². The highest BCUT2D eigenvalue weighted by Crippen LogP contribution is 2.25. The molecule has 0 radical (unpaired) electrons. The van der Waals surface area contributed by atoms with Crippen molar-refractivity contribution in [3.63, 3.8) is 0 Å². The van der Waals surface area contributed by atoms with Crippen molar-refractivity contribution >= 4 is 17.5 Å². The third-order valence-corrected chi connectivity index (χ3v) is 4.12. The summed E-state index contributed by atoms with van der Waals surface area (Å²) in [7, 11) is 0. The molecule has 0 aliphatic carbocycles. The number of benzene rings is 1. The molecule has 0 saturated carbocycles. The largest absolute Gasteiger partial charge is 0.484 e. The average molecular weight is 350 g/mol. The zero-order valence-corrected chi connectivity index (χ0v) is 14.7. The maximum Gasteiger partial charge on any atom is 0.258 e. The van der Waals surface area contributed by atoms with E-state index in [1.165, 1.54) is 17.1 Å². The van der Waals surface area contributed by atoms with Crippen molar-refractivity contribution in [3.05, 3.63) is 56.7 Å². The molecule has 1 heterocycles. The van der Waals surface area contributed by atoms with Crippen LogP contribution < -0.4 is 15.6 Å². The minimum atomic E-state index is -0.256. The highest BCUT2D eigenvalue weighted by atomic mass is 35.5. The van der Waals surface area contributed by atoms with Crippen LogP contribution >= 0.6 is 11.6 Å². The fourth-order valence-electron chi connectivity index (χ4n) is 2.22. The molecule has 1 aromatic heterocycles. The van der Waals surface area contributed by atoms with Gasteiger partial charge in [0.05, 0.1) is 6.33 Å². The Bertz CT molecular complexity index is 779. The zero-order chi connectivity index (χ0) is 17.7. The molecule has 0 bridgehead atoms. The molecule has 2 aromatic rings. The summed E-state index contributed by atoms with van der Waals surface area (Å²) in [6, 6.07) is 3.58. The normalized spacial score (nSPS) is 10.5. The van der Waals surface area contributed by atoms with Gasteiger partial charge in [-0.2, -0.15) is 0 Å². The van der Waals surface area contributed by atoms with Gasteiger partial charge in [0.25, 0.3) is 11.5 Å². The summed E-state index contributed by atoms with van der Waals surface area (Å²) < 4.78 is 6.94. The van der Waals surface area contributed by atoms with E-state index in [9.17, 15) is 9.59 Å². The Hall–Kier alpha value is -2.34. The van der Waals surface area contributed by atoms with Crippen molar-refractivity contribution < 1.29 is 9.53 Å². The lowest BCUT2D eigenvalue weighted by Gasteiger charge is -2.11. The van der Waals surface area contributed by atoms with Gasteiger partial charge in [0.1, 0.15) is 5.75 Å². The summed E-state index contributed by atoms with van der Waals surface area (Å²) in [4.78, 5) is 27.6. The van der Waals surface area contributed by atoms with E-state index < -0.39 is 0 Å². The monoisotopic (exact) mass is 349 g/mol. The van der Waals surface area contributed by atoms with Gasteiger partial charge in [-0.15, -0.1) is 0 Å². The number of nitrogens with zero attached hydrogens (tertiary/aromatic N) is 2. The van der Waals surface area contributed by atoms with Crippen molar-refractivity contribution in [2.24, 2.45) is 0 Å². The first kappa shape index (κ1) is 18.0. The fourth-order valence-corrected chi connectivity index (χ4v) is 2.33. The molecule has 1 amide bonds. The molecule has 0 aliphatic heterocycles. The van der Waals surface area contributed by atoms with Crippen LogP contribution in [-0.4, -0.2) is 28.6 Å². The predicted molar refractivity (Wildman–Crippen MR) is 92.7 cm³/mol. The number of ether oxygens (including phenoxy) is 1. The molecule has 0 spiro atoms. The number of nitrogens with one attached hydrogen (secondary N) is 1. The molecular weight excluding hydrogens is 330 g/mol. The van der Waals surface area contributed by atoms with Crippen LogP contribution in [0.1, 0.15) is 16.7 Å². The zero-order valence-electron chi connectivity index (χ0n) is 13.9. The molecule has 128 valence electrons. The SMILES string of the molecule is Cc1cc(OCC(=O)NCCn2cncc(C)c2=O)cc(C)c1Cl. The molecule has 0 aliphatic rings. The van der Waals surface area contributed by atoms with Crippen molar-refractivity contribution in [2.75, 3.05) is 13.2 Å². The van der Waals surface area contributed by atoms with E-state index in [-0.39, 0.29) is 18.1 Å². The van der Waals surface area contributed by atoms with Crippen LogP contribution in [-0.2, 0) is 11.3 Å². The number of amides is 1. The number of rotatable bonds is 6. The van der Waals surface area contributed by atoms with Crippen LogP contribution in [0.3, 0.4) is 0 Å². The van der Waals surface area contributed by atoms with Gasteiger partial charge in [0.2, 0.25) is 0 Å². The number of aromatic nitrogens is 2. The lowest BCUT2D eigenvalue weighted by molar-refractivity contribution is -0.123. The average Bonchev–Trinajstić information content (AvgIpc) is 2.54. The molecule has 24 heavy (non-hydrogen) atoms. The highest BCUT2D eigenvalue weighted by molar-refractivity contribution is 6.32. The lowest BCUT2D eigenvalue weighted by Crippen LogP contribution is -2.34. The number of halogens is 1. The van der Waals surface area contributed by atoms with Crippen molar-refractivity contribution in [3.8, 4) is 5.75 Å². The minimum absolute atomic E-state index is 0.0958. The lowest BCUT2D eigenvalue weighted by atomic mass is 10.1. The van der Waals surface area contributed by atoms with E-state index in [0.717, 1.165) is 11.1 Å². The van der Waals surface area contributed by atoms with Gasteiger partial charge >= 0.3 is 0 Å². The fraction of sp³-hybridized carbons (Fsp3) is 0.353. The summed E-state index contributed by atoms with van der Waals surface area (Å²) >= 11 is 6.10. The Morgan fingerprint density at radius 3 is 2.58 bits per heavy atom. The van der Waals surface area contributed by atoms with Gasteiger partial charge in [0.15, 0.2) is 6.61 Å². The molecular formula is C17H20ClN3O3. The second-order valence-electron chi connectivity index (χ2n) is 5.58. The topological polar surface area (TPSA) is 73.2 Å². The number of hydrogen-bond donors (Lipinski definition) is 1. The summed E-state index contributed by atoms with van der Waals surface area (Å²) in [5.74, 6) is 0.345. The molecule has 1 aromatic carbocycles. The van der Waals surface area contributed by atoms with Gasteiger partial charge in [-0.1, -0.05) is 11.6 Å². The van der Waals surface area contributed by atoms with Gasteiger partial charge in [0, 0.05) is 29.9 Å². The smallest absolute Gasteiger partial charge is 0.258 e. The molecule has 0 unspecified atom stereocenters. The van der Waals surface area contributed by atoms with E-state index in [4.69, 9.17) is 16.3 Å². The third-order valence-electron chi connectivity index (χ3n) is 3.53. The number of hydrogen-bond acceptors (Lipinski definition) is 4. The van der Waals surface area contributed by atoms with Crippen LogP contribution in [0, 0.1) is 20.8 Å². The molecule has 0 atom stereocenters. The van der Waals surface area contributed by atoms with Crippen molar-refractivity contribution in [2.45, 2.75) is 27.3 Å². The Balaban J connectivity index is 1.82. The van der Waals surface area contributed by atoms with Gasteiger partial charge in [-0.25, -0.2) is 4.98 Å². The number of aryl methyl sites for hydroxylation is 3. The quantitative estimate of drug-likeness (QED) is 0.866. The van der Waals surface area contributed by atoms with E-state index in [0.29, 0.717) is 29.4 Å². The molecule has 6 nitrogen and oxygen atoms in total. The van der Waals surface area contributed by atoms with Gasteiger partial charge < -0.3 is 10.1 Å². The van der Waals surface area contributed by atoms with Gasteiger partial charge in [-0.05, 0) is 44.0 Å². The second-order valence-corrected chi connectivity index (χ2v) is 5.96. The Morgan fingerprint density at radius 1 is 1.25 bits per heavy atom. The summed E-state index contributed by atoms with van der Waals surface area (Å²) in [6.07, 6.45) is 2.97. The summed E-state index contributed by atoms with van der Waals surface area (Å²) in [5, 5.41) is 3.41. The molecule has 7 heteroatoms. The van der Waals surface area contributed by atoms with Crippen LogP contribution in [0.15, 0.2) is 29.5 Å². The molecule has 2 rings (SSSR count). The number of carbonyl (C=O) groups excluding carboxylic acids is 1. The third kappa shape index (κ3) is 4.58. The van der Waals surface area contributed by atoms with Crippen LogP contribution in [0.5, 0.6) is 5.75 Å². The summed E-state index contributed by atoms with van der Waals surface area (Å²) in [5.41, 5.74) is 2.26. The first-order chi connectivity index (χ1) is 11.4. The van der Waals surface area contributed by atoms with E-state index >= 15 is 0 Å². The maximum absolute atomic E-state index is 11.8. The van der Waals surface area contributed by atoms with Crippen LogP contribution in [0.4, 0.5) is 0 Å². The van der Waals surface area contributed by atoms with Crippen molar-refractivity contribution in [1.29, 1.82) is 0 Å². The van der Waals surface area contributed by atoms with E-state index in [1.807, 2.05) is 13.8 Å². The molecule has 0 saturated heterocycles. The predicted octanol–water partition coefficient (Wildman–Crippen LogP) is 2.02.